The van der Waals surface area contributed by atoms with Crippen molar-refractivity contribution in [3.8, 4) is 0 Å². The number of nitrogens with one attached hydrogen (secondary N) is 2. The lowest BCUT2D eigenvalue weighted by Crippen LogP contribution is -2.24. The lowest BCUT2D eigenvalue weighted by Gasteiger charge is -2.07. The van der Waals surface area contributed by atoms with Gasteiger partial charge in [0, 0.05) is 6.07 Å². The Bertz CT molecular complexity index is 850. The minimum atomic E-state index is -1.53. The van der Waals surface area contributed by atoms with Gasteiger partial charge in [0.1, 0.15) is 5.82 Å². The molecule has 2 aromatic rings. The predicted molar refractivity (Wildman–Crippen MR) is 77.2 cm³/mol. The second-order valence-electron chi connectivity index (χ2n) is 4.40. The maximum atomic E-state index is 13.5. The van der Waals surface area contributed by atoms with Crippen molar-refractivity contribution in [3.05, 3.63) is 39.7 Å². The molecule has 10 nitrogen and oxygen atoms in total. The predicted octanol–water partition coefficient (Wildman–Crippen LogP) is -0.652. The van der Waals surface area contributed by atoms with Crippen molar-refractivity contribution >= 4 is 29.3 Å². The molecule has 2 rings (SSSR count). The maximum absolute atomic E-state index is 13.5. The molecule has 0 fully saturated rings. The van der Waals surface area contributed by atoms with Crippen LogP contribution in [-0.2, 0) is 11.2 Å². The fourth-order valence-corrected chi connectivity index (χ4v) is 1.73. The Labute approximate surface area is 127 Å². The summed E-state index contributed by atoms with van der Waals surface area (Å²) in [6.45, 7) is 0. The lowest BCUT2D eigenvalue weighted by atomic mass is 10.2. The Kier molecular flexibility index (Phi) is 4.21. The number of nitrogens with zero attached hydrogens (tertiary/aromatic N) is 2. The van der Waals surface area contributed by atoms with Gasteiger partial charge in [0.2, 0.25) is 11.9 Å². The molecule has 120 valence electrons. The van der Waals surface area contributed by atoms with Gasteiger partial charge in [0.15, 0.2) is 11.5 Å². The number of rotatable bonds is 4. The fourth-order valence-electron chi connectivity index (χ4n) is 1.73. The highest BCUT2D eigenvalue weighted by Crippen LogP contribution is 2.12. The summed E-state index contributed by atoms with van der Waals surface area (Å²) >= 11 is 0. The number of anilines is 3. The van der Waals surface area contributed by atoms with E-state index in [0.717, 1.165) is 12.3 Å². The van der Waals surface area contributed by atoms with E-state index in [1.54, 1.807) is 0 Å². The SMILES string of the molecule is Nc1nc(N)c(CC(=O)Nc2cnc(C(=O)O)c(F)c2)c(=O)[nH]1. The van der Waals surface area contributed by atoms with Gasteiger partial charge in [0.05, 0.1) is 23.9 Å². The molecule has 0 saturated heterocycles. The zero-order valence-electron chi connectivity index (χ0n) is 11.5. The number of aromatic nitrogens is 3. The van der Waals surface area contributed by atoms with Crippen LogP contribution in [0.1, 0.15) is 16.1 Å². The quantitative estimate of drug-likeness (QED) is 0.492. The van der Waals surface area contributed by atoms with Crippen molar-refractivity contribution in [2.75, 3.05) is 16.8 Å². The minimum Gasteiger partial charge on any atom is -0.476 e. The third kappa shape index (κ3) is 3.58. The number of hydrogen-bond donors (Lipinski definition) is 5. The number of nitrogens with two attached hydrogens (primary N) is 2. The van der Waals surface area contributed by atoms with Gasteiger partial charge < -0.3 is 21.9 Å². The molecule has 11 heteroatoms. The highest BCUT2D eigenvalue weighted by atomic mass is 19.1. The van der Waals surface area contributed by atoms with Crippen LogP contribution in [0.15, 0.2) is 17.1 Å². The maximum Gasteiger partial charge on any atom is 0.357 e. The van der Waals surface area contributed by atoms with Crippen LogP contribution in [0, 0.1) is 5.82 Å². The molecule has 2 heterocycles. The summed E-state index contributed by atoms with van der Waals surface area (Å²) < 4.78 is 13.5. The molecule has 0 aliphatic heterocycles. The number of aromatic carboxylic acids is 1. The highest BCUT2D eigenvalue weighted by molar-refractivity contribution is 5.93. The minimum absolute atomic E-state index is 0.0732. The van der Waals surface area contributed by atoms with Crippen LogP contribution in [0.4, 0.5) is 21.8 Å². The molecule has 7 N–H and O–H groups in total. The summed E-state index contributed by atoms with van der Waals surface area (Å²) in [5.41, 5.74) is 9.19. The van der Waals surface area contributed by atoms with Crippen molar-refractivity contribution in [3.63, 3.8) is 0 Å². The highest BCUT2D eigenvalue weighted by Gasteiger charge is 2.16. The number of halogens is 1. The number of H-pyrrole nitrogens is 1. The van der Waals surface area contributed by atoms with E-state index < -0.39 is 35.4 Å². The third-order valence-corrected chi connectivity index (χ3v) is 2.73. The Hall–Kier alpha value is -3.50. The molecule has 0 aliphatic carbocycles. The van der Waals surface area contributed by atoms with Crippen LogP contribution < -0.4 is 22.3 Å². The van der Waals surface area contributed by atoms with Gasteiger partial charge in [-0.2, -0.15) is 4.98 Å². The molecule has 0 saturated carbocycles. The molecule has 0 bridgehead atoms. The second kappa shape index (κ2) is 6.09. The number of nitrogen functional groups attached to an aromatic ring is 2. The Morgan fingerprint density at radius 2 is 2.09 bits per heavy atom. The summed E-state index contributed by atoms with van der Waals surface area (Å²) in [7, 11) is 0. The number of carboxylic acids is 1. The molecule has 0 radical (unpaired) electrons. The number of carbonyl (C=O) groups excluding carboxylic acids is 1. The summed E-state index contributed by atoms with van der Waals surface area (Å²) in [6.07, 6.45) is 0.538. The first-order valence-electron chi connectivity index (χ1n) is 6.10. The smallest absolute Gasteiger partial charge is 0.357 e. The van der Waals surface area contributed by atoms with E-state index in [4.69, 9.17) is 16.6 Å². The molecule has 0 spiro atoms. The van der Waals surface area contributed by atoms with Crippen LogP contribution >= 0.6 is 0 Å². The molecular weight excluding hydrogens is 311 g/mol. The number of amides is 1. The molecule has 0 aromatic carbocycles. The monoisotopic (exact) mass is 322 g/mol. The van der Waals surface area contributed by atoms with Crippen LogP contribution in [-0.4, -0.2) is 31.9 Å². The van der Waals surface area contributed by atoms with Gasteiger partial charge >= 0.3 is 5.97 Å². The van der Waals surface area contributed by atoms with Crippen molar-refractivity contribution < 1.29 is 19.1 Å². The third-order valence-electron chi connectivity index (χ3n) is 2.73. The summed E-state index contributed by atoms with van der Waals surface area (Å²) in [5.74, 6) is -3.73. The fraction of sp³-hybridized carbons (Fsp3) is 0.0833. The average Bonchev–Trinajstić information content (AvgIpc) is 2.42. The first-order chi connectivity index (χ1) is 10.8. The van der Waals surface area contributed by atoms with Crippen molar-refractivity contribution in [1.29, 1.82) is 0 Å². The summed E-state index contributed by atoms with van der Waals surface area (Å²) in [5, 5.41) is 10.9. The molecule has 2 aromatic heterocycles. The van der Waals surface area contributed by atoms with E-state index in [1.807, 2.05) is 0 Å². The van der Waals surface area contributed by atoms with Crippen molar-refractivity contribution in [2.24, 2.45) is 0 Å². The van der Waals surface area contributed by atoms with E-state index >= 15 is 0 Å². The second-order valence-corrected chi connectivity index (χ2v) is 4.40. The van der Waals surface area contributed by atoms with Gasteiger partial charge in [-0.25, -0.2) is 14.2 Å². The van der Waals surface area contributed by atoms with Gasteiger partial charge in [-0.1, -0.05) is 0 Å². The number of pyridine rings is 1. The Balaban J connectivity index is 2.16. The molecule has 0 atom stereocenters. The largest absolute Gasteiger partial charge is 0.476 e. The van der Waals surface area contributed by atoms with Gasteiger partial charge in [0.25, 0.3) is 5.56 Å². The normalized spacial score (nSPS) is 10.3. The van der Waals surface area contributed by atoms with Crippen LogP contribution in [0.25, 0.3) is 0 Å². The van der Waals surface area contributed by atoms with Crippen molar-refractivity contribution in [1.82, 2.24) is 15.0 Å². The zero-order valence-corrected chi connectivity index (χ0v) is 11.5. The van der Waals surface area contributed by atoms with E-state index in [0.29, 0.717) is 0 Å². The van der Waals surface area contributed by atoms with Crippen molar-refractivity contribution in [2.45, 2.75) is 6.42 Å². The number of aromatic amines is 1. The van der Waals surface area contributed by atoms with Gasteiger partial charge in [-0.05, 0) is 0 Å². The van der Waals surface area contributed by atoms with E-state index in [1.165, 1.54) is 0 Å². The standard InChI is InChI=1S/C12H11FN6O4/c13-6-1-4(3-16-8(6)11(22)23)17-7(20)2-5-9(14)18-12(15)19-10(5)21/h1,3H,2H2,(H,17,20)(H,22,23)(H5,14,15,18,19,21). The zero-order chi connectivity index (χ0) is 17.1. The van der Waals surface area contributed by atoms with Crippen LogP contribution in [0.5, 0.6) is 0 Å². The van der Waals surface area contributed by atoms with Crippen LogP contribution in [0.3, 0.4) is 0 Å². The first kappa shape index (κ1) is 15.9. The number of carbonyl (C=O) groups is 2. The number of carboxylic acid groups (broad SMARTS) is 1. The number of hydrogen-bond acceptors (Lipinski definition) is 7. The lowest BCUT2D eigenvalue weighted by molar-refractivity contribution is -0.115. The van der Waals surface area contributed by atoms with Gasteiger partial charge in [-0.3, -0.25) is 14.6 Å². The molecule has 1 amide bonds. The Morgan fingerprint density at radius 3 is 2.65 bits per heavy atom. The molecule has 0 unspecified atom stereocenters. The van der Waals surface area contributed by atoms with Crippen LogP contribution in [0.2, 0.25) is 0 Å². The molecule has 0 aliphatic rings. The first-order valence-corrected chi connectivity index (χ1v) is 6.10. The topological polar surface area (TPSA) is 177 Å². The average molecular weight is 322 g/mol. The van der Waals surface area contributed by atoms with E-state index in [9.17, 15) is 18.8 Å². The summed E-state index contributed by atoms with van der Waals surface area (Å²) in [4.78, 5) is 43.3. The van der Waals surface area contributed by atoms with E-state index in [-0.39, 0.29) is 23.0 Å². The van der Waals surface area contributed by atoms with E-state index in [2.05, 4.69) is 20.3 Å². The van der Waals surface area contributed by atoms with Gasteiger partial charge in [-0.15, -0.1) is 0 Å². The Morgan fingerprint density at radius 1 is 1.39 bits per heavy atom. The summed E-state index contributed by atoms with van der Waals surface area (Å²) in [6, 6.07) is 0.795. The molecular formula is C12H11FN6O4. The molecule has 23 heavy (non-hydrogen) atoms.